The molecule has 7 heavy (non-hydrogen) atoms. The Morgan fingerprint density at radius 1 is 1.43 bits per heavy atom. The number of nitrogens with one attached hydrogen (secondary N) is 1. The van der Waals surface area contributed by atoms with Crippen LogP contribution < -0.4 is 4.72 Å². The summed E-state index contributed by atoms with van der Waals surface area (Å²) in [5, 5.41) is 0. The lowest BCUT2D eigenvalue weighted by Crippen LogP contribution is -1.93. The Hall–Kier alpha value is 0.310. The Kier molecular flexibility index (Phi) is 2.59. The van der Waals surface area contributed by atoms with Gasteiger partial charge >= 0.3 is 0 Å². The van der Waals surface area contributed by atoms with Crippen molar-refractivity contribution in [3.8, 4) is 0 Å². The fraction of sp³-hybridized carbons (Fsp3) is 0.800. The van der Waals surface area contributed by atoms with Crippen LogP contribution in [-0.2, 0) is 0 Å². The average molecular weight is 116 g/mol. The molecule has 0 bridgehead atoms. The van der Waals surface area contributed by atoms with E-state index in [0.717, 1.165) is 0 Å². The Bertz CT molecular complexity index is 27.7. The fourth-order valence-electron chi connectivity index (χ4n) is 0.597. The predicted molar refractivity (Wildman–Crippen MR) is 33.7 cm³/mol. The van der Waals surface area contributed by atoms with E-state index in [2.05, 4.69) is 11.3 Å². The summed E-state index contributed by atoms with van der Waals surface area (Å²) in [5.74, 6) is 1.27. The van der Waals surface area contributed by atoms with Crippen molar-refractivity contribution in [1.82, 2.24) is 4.72 Å². The minimum atomic E-state index is 1.24. The van der Waals surface area contributed by atoms with E-state index in [0.29, 0.717) is 0 Å². The van der Waals surface area contributed by atoms with Crippen molar-refractivity contribution in [2.45, 2.75) is 19.3 Å². The van der Waals surface area contributed by atoms with Gasteiger partial charge in [0.15, 0.2) is 0 Å². The molecule has 0 unspecified atom stereocenters. The molecule has 0 aromatic heterocycles. The van der Waals surface area contributed by atoms with Gasteiger partial charge in [0.1, 0.15) is 0 Å². The molecular formula is C5H10NS. The summed E-state index contributed by atoms with van der Waals surface area (Å²) < 4.78 is 3.14. The minimum Gasteiger partial charge on any atom is -0.259 e. The largest absolute Gasteiger partial charge is 0.259 e. The van der Waals surface area contributed by atoms with Crippen molar-refractivity contribution in [3.05, 3.63) is 6.54 Å². The van der Waals surface area contributed by atoms with Gasteiger partial charge in [-0.25, -0.2) is 0 Å². The van der Waals surface area contributed by atoms with Crippen LogP contribution in [0.5, 0.6) is 0 Å². The first kappa shape index (κ1) is 5.45. The zero-order chi connectivity index (χ0) is 4.95. The van der Waals surface area contributed by atoms with Crippen LogP contribution in [0.3, 0.4) is 0 Å². The van der Waals surface area contributed by atoms with Gasteiger partial charge in [-0.3, -0.25) is 4.72 Å². The maximum Gasteiger partial charge on any atom is 0.0334 e. The molecule has 0 atom stereocenters. The molecule has 1 radical (unpaired) electrons. The van der Waals surface area contributed by atoms with Gasteiger partial charge in [-0.2, -0.15) is 0 Å². The van der Waals surface area contributed by atoms with E-state index in [4.69, 9.17) is 0 Å². The third kappa shape index (κ3) is 2.19. The minimum absolute atomic E-state index is 1.24. The Morgan fingerprint density at radius 3 is 3.43 bits per heavy atom. The van der Waals surface area contributed by atoms with E-state index in [1.54, 1.807) is 0 Å². The molecule has 1 nitrogen and oxygen atoms in total. The van der Waals surface area contributed by atoms with Gasteiger partial charge in [-0.05, 0) is 12.8 Å². The van der Waals surface area contributed by atoms with E-state index in [9.17, 15) is 0 Å². The van der Waals surface area contributed by atoms with Crippen LogP contribution in [0.2, 0.25) is 0 Å². The smallest absolute Gasteiger partial charge is 0.0334 e. The monoisotopic (exact) mass is 116 g/mol. The summed E-state index contributed by atoms with van der Waals surface area (Å²) in [6.07, 6.45) is 3.97. The van der Waals surface area contributed by atoms with E-state index < -0.39 is 0 Å². The average Bonchev–Trinajstić information content (AvgIpc) is 1.90. The number of rotatable bonds is 0. The lowest BCUT2D eigenvalue weighted by atomic mass is 10.3. The molecule has 0 spiro atoms. The van der Waals surface area contributed by atoms with Crippen LogP contribution in [0, 0.1) is 6.54 Å². The summed E-state index contributed by atoms with van der Waals surface area (Å²) in [6.45, 7) is 2.14. The molecule has 0 aliphatic carbocycles. The topological polar surface area (TPSA) is 12.0 Å². The molecule has 1 aliphatic heterocycles. The highest BCUT2D eigenvalue weighted by atomic mass is 32.2. The molecule has 1 aliphatic rings. The van der Waals surface area contributed by atoms with Crippen LogP contribution in [0.1, 0.15) is 19.3 Å². The van der Waals surface area contributed by atoms with E-state index >= 15 is 0 Å². The molecule has 0 amide bonds. The molecule has 1 N–H and O–H groups in total. The van der Waals surface area contributed by atoms with Crippen LogP contribution in [-0.4, -0.2) is 5.75 Å². The van der Waals surface area contributed by atoms with Gasteiger partial charge in [-0.15, -0.1) is 0 Å². The number of hydrogen-bond acceptors (Lipinski definition) is 2. The summed E-state index contributed by atoms with van der Waals surface area (Å²) in [5.41, 5.74) is 0. The zero-order valence-electron chi connectivity index (χ0n) is 4.31. The SMILES string of the molecule is [CH]1CCCCSN1. The van der Waals surface area contributed by atoms with E-state index in [-0.39, 0.29) is 0 Å². The molecule has 1 rings (SSSR count). The molecule has 1 heterocycles. The summed E-state index contributed by atoms with van der Waals surface area (Å²) in [4.78, 5) is 0. The van der Waals surface area contributed by atoms with Gasteiger partial charge < -0.3 is 0 Å². The second-order valence-corrected chi connectivity index (χ2v) is 2.60. The second kappa shape index (κ2) is 3.33. The molecule has 0 aromatic carbocycles. The van der Waals surface area contributed by atoms with Crippen molar-refractivity contribution in [2.75, 3.05) is 5.75 Å². The van der Waals surface area contributed by atoms with Crippen molar-refractivity contribution in [2.24, 2.45) is 0 Å². The Balaban J connectivity index is 2.04. The lowest BCUT2D eigenvalue weighted by molar-refractivity contribution is 0.791. The Labute approximate surface area is 49.0 Å². The highest BCUT2D eigenvalue weighted by Gasteiger charge is 1.95. The normalized spacial score (nSPS) is 24.0. The zero-order valence-corrected chi connectivity index (χ0v) is 5.13. The van der Waals surface area contributed by atoms with Crippen LogP contribution in [0.4, 0.5) is 0 Å². The third-order valence-electron chi connectivity index (χ3n) is 1.01. The highest BCUT2D eigenvalue weighted by molar-refractivity contribution is 7.97. The van der Waals surface area contributed by atoms with Crippen molar-refractivity contribution >= 4 is 11.9 Å². The predicted octanol–water partition coefficient (Wildman–Crippen LogP) is 1.57. The highest BCUT2D eigenvalue weighted by Crippen LogP contribution is 2.09. The third-order valence-corrected chi connectivity index (χ3v) is 1.84. The lowest BCUT2D eigenvalue weighted by Gasteiger charge is -1.90. The van der Waals surface area contributed by atoms with Crippen molar-refractivity contribution in [3.63, 3.8) is 0 Å². The van der Waals surface area contributed by atoms with Crippen LogP contribution in [0.25, 0.3) is 0 Å². The summed E-state index contributed by atoms with van der Waals surface area (Å²) >= 11 is 1.81. The molecule has 41 valence electrons. The molecule has 0 aromatic rings. The molecular weight excluding hydrogens is 106 g/mol. The number of hydrogen-bond donors (Lipinski definition) is 1. The van der Waals surface area contributed by atoms with Gasteiger partial charge in [0.25, 0.3) is 0 Å². The summed E-state index contributed by atoms with van der Waals surface area (Å²) in [6, 6.07) is 0. The van der Waals surface area contributed by atoms with Gasteiger partial charge in [-0.1, -0.05) is 18.4 Å². The standard InChI is InChI=1S/C5H10NS/c1-2-4-6-7-5-3-1/h4,6H,1-3,5H2. The van der Waals surface area contributed by atoms with E-state index in [1.807, 2.05) is 11.9 Å². The van der Waals surface area contributed by atoms with Crippen molar-refractivity contribution < 1.29 is 0 Å². The second-order valence-electron chi connectivity index (χ2n) is 1.67. The quantitative estimate of drug-likeness (QED) is 0.482. The van der Waals surface area contributed by atoms with Crippen LogP contribution >= 0.6 is 11.9 Å². The van der Waals surface area contributed by atoms with E-state index in [1.165, 1.54) is 25.0 Å². The molecule has 1 fully saturated rings. The van der Waals surface area contributed by atoms with Crippen molar-refractivity contribution in [1.29, 1.82) is 0 Å². The van der Waals surface area contributed by atoms with Gasteiger partial charge in [0.05, 0.1) is 0 Å². The Morgan fingerprint density at radius 2 is 2.43 bits per heavy atom. The van der Waals surface area contributed by atoms with Gasteiger partial charge in [0, 0.05) is 12.3 Å². The van der Waals surface area contributed by atoms with Crippen LogP contribution in [0.15, 0.2) is 0 Å². The maximum absolute atomic E-state index is 3.14. The first-order chi connectivity index (χ1) is 3.50. The first-order valence-corrected chi connectivity index (χ1v) is 3.68. The molecule has 1 saturated heterocycles. The fourth-order valence-corrected chi connectivity index (χ4v) is 1.30. The van der Waals surface area contributed by atoms with Gasteiger partial charge in [0.2, 0.25) is 0 Å². The molecule has 2 heteroatoms. The molecule has 0 saturated carbocycles. The summed E-state index contributed by atoms with van der Waals surface area (Å²) in [7, 11) is 0. The maximum atomic E-state index is 3.14. The first-order valence-electron chi connectivity index (χ1n) is 2.69.